The highest BCUT2D eigenvalue weighted by atomic mass is 79.9. The first-order valence-electron chi connectivity index (χ1n) is 8.07. The third-order valence-corrected chi connectivity index (χ3v) is 4.62. The second kappa shape index (κ2) is 9.15. The van der Waals surface area contributed by atoms with Crippen LogP contribution in [0.4, 0.5) is 5.69 Å². The van der Waals surface area contributed by atoms with Crippen LogP contribution in [-0.2, 0) is 14.3 Å². The van der Waals surface area contributed by atoms with Crippen LogP contribution in [0.2, 0.25) is 0 Å². The van der Waals surface area contributed by atoms with E-state index < -0.39 is 0 Å². The highest BCUT2D eigenvalue weighted by Crippen LogP contribution is 2.23. The molecule has 1 heterocycles. The Bertz CT molecular complexity index is 588. The molecule has 1 N–H and O–H groups in total. The van der Waals surface area contributed by atoms with Gasteiger partial charge < -0.3 is 15.0 Å². The molecule has 2 amide bonds. The van der Waals surface area contributed by atoms with Crippen molar-refractivity contribution in [2.24, 2.45) is 0 Å². The third kappa shape index (κ3) is 5.89. The molecule has 0 aliphatic carbocycles. The van der Waals surface area contributed by atoms with Crippen LogP contribution >= 0.6 is 15.9 Å². The SMILES string of the molecule is CC(=O)N(CCN1CCOCC1)CC(=O)Nc1ccc(C)cc1Br. The Morgan fingerprint density at radius 1 is 1.33 bits per heavy atom. The molecule has 0 unspecified atom stereocenters. The smallest absolute Gasteiger partial charge is 0.244 e. The average molecular weight is 398 g/mol. The van der Waals surface area contributed by atoms with E-state index in [0.717, 1.165) is 42.9 Å². The zero-order valence-electron chi connectivity index (χ0n) is 14.2. The fourth-order valence-corrected chi connectivity index (χ4v) is 3.11. The summed E-state index contributed by atoms with van der Waals surface area (Å²) in [5.74, 6) is -0.293. The number of ether oxygens (including phenoxy) is 1. The number of amides is 2. The molecule has 132 valence electrons. The predicted octanol–water partition coefficient (Wildman–Crippen LogP) is 1.88. The maximum atomic E-state index is 12.3. The number of carbonyl (C=O) groups excluding carboxylic acids is 2. The number of anilines is 1. The second-order valence-corrected chi connectivity index (χ2v) is 6.78. The molecule has 0 radical (unpaired) electrons. The van der Waals surface area contributed by atoms with Gasteiger partial charge in [0.25, 0.3) is 0 Å². The fourth-order valence-electron chi connectivity index (χ4n) is 2.52. The monoisotopic (exact) mass is 397 g/mol. The predicted molar refractivity (Wildman–Crippen MR) is 97.0 cm³/mol. The lowest BCUT2D eigenvalue weighted by molar-refractivity contribution is -0.133. The number of morpholine rings is 1. The van der Waals surface area contributed by atoms with E-state index >= 15 is 0 Å². The zero-order valence-corrected chi connectivity index (χ0v) is 15.8. The maximum absolute atomic E-state index is 12.3. The van der Waals surface area contributed by atoms with E-state index in [9.17, 15) is 9.59 Å². The van der Waals surface area contributed by atoms with E-state index in [0.29, 0.717) is 12.2 Å². The summed E-state index contributed by atoms with van der Waals surface area (Å²) in [4.78, 5) is 27.9. The van der Waals surface area contributed by atoms with Gasteiger partial charge in [-0.2, -0.15) is 0 Å². The van der Waals surface area contributed by atoms with Crippen molar-refractivity contribution in [2.75, 3.05) is 51.3 Å². The van der Waals surface area contributed by atoms with Crippen LogP contribution in [0.25, 0.3) is 0 Å². The molecule has 1 aromatic carbocycles. The first kappa shape index (κ1) is 18.9. The van der Waals surface area contributed by atoms with E-state index in [1.807, 2.05) is 25.1 Å². The largest absolute Gasteiger partial charge is 0.379 e. The number of halogens is 1. The zero-order chi connectivity index (χ0) is 17.5. The lowest BCUT2D eigenvalue weighted by Gasteiger charge is -2.29. The minimum Gasteiger partial charge on any atom is -0.379 e. The van der Waals surface area contributed by atoms with E-state index in [-0.39, 0.29) is 18.4 Å². The number of rotatable bonds is 6. The Labute approximate surface area is 151 Å². The molecule has 0 spiro atoms. The Morgan fingerprint density at radius 2 is 2.04 bits per heavy atom. The van der Waals surface area contributed by atoms with Crippen LogP contribution in [0.3, 0.4) is 0 Å². The molecular weight excluding hydrogens is 374 g/mol. The molecule has 1 aromatic rings. The molecule has 0 bridgehead atoms. The van der Waals surface area contributed by atoms with Gasteiger partial charge in [0, 0.05) is 37.6 Å². The van der Waals surface area contributed by atoms with Crippen LogP contribution in [0.15, 0.2) is 22.7 Å². The minimum atomic E-state index is -0.197. The van der Waals surface area contributed by atoms with Crippen molar-refractivity contribution in [1.29, 1.82) is 0 Å². The van der Waals surface area contributed by atoms with Crippen LogP contribution in [-0.4, -0.2) is 67.6 Å². The molecule has 6 nitrogen and oxygen atoms in total. The molecule has 0 saturated carbocycles. The van der Waals surface area contributed by atoms with Gasteiger partial charge >= 0.3 is 0 Å². The first-order valence-corrected chi connectivity index (χ1v) is 8.86. The molecular formula is C17H24BrN3O3. The van der Waals surface area contributed by atoms with Gasteiger partial charge in [0.15, 0.2) is 0 Å². The van der Waals surface area contributed by atoms with Crippen molar-refractivity contribution in [3.8, 4) is 0 Å². The Hall–Kier alpha value is -1.44. The van der Waals surface area contributed by atoms with Crippen molar-refractivity contribution in [3.63, 3.8) is 0 Å². The molecule has 1 fully saturated rings. The van der Waals surface area contributed by atoms with Crippen LogP contribution in [0, 0.1) is 6.92 Å². The number of hydrogen-bond donors (Lipinski definition) is 1. The lowest BCUT2D eigenvalue weighted by Crippen LogP contribution is -2.44. The van der Waals surface area contributed by atoms with Crippen LogP contribution in [0.1, 0.15) is 12.5 Å². The van der Waals surface area contributed by atoms with Crippen molar-refractivity contribution < 1.29 is 14.3 Å². The highest BCUT2D eigenvalue weighted by Gasteiger charge is 2.17. The number of benzene rings is 1. The first-order chi connectivity index (χ1) is 11.5. The summed E-state index contributed by atoms with van der Waals surface area (Å²) < 4.78 is 6.15. The number of nitrogens with zero attached hydrogens (tertiary/aromatic N) is 2. The number of aryl methyl sites for hydroxylation is 1. The van der Waals surface area contributed by atoms with E-state index in [4.69, 9.17) is 4.74 Å². The normalized spacial score (nSPS) is 15.1. The summed E-state index contributed by atoms with van der Waals surface area (Å²) in [7, 11) is 0. The van der Waals surface area contributed by atoms with E-state index in [1.165, 1.54) is 6.92 Å². The fraction of sp³-hybridized carbons (Fsp3) is 0.529. The summed E-state index contributed by atoms with van der Waals surface area (Å²) >= 11 is 3.44. The van der Waals surface area contributed by atoms with Gasteiger partial charge in [-0.3, -0.25) is 14.5 Å². The summed E-state index contributed by atoms with van der Waals surface area (Å²) in [6.45, 7) is 8.02. The van der Waals surface area contributed by atoms with Gasteiger partial charge in [-0.1, -0.05) is 6.07 Å². The van der Waals surface area contributed by atoms with Gasteiger partial charge in [-0.15, -0.1) is 0 Å². The van der Waals surface area contributed by atoms with Crippen molar-refractivity contribution in [2.45, 2.75) is 13.8 Å². The average Bonchev–Trinajstić information content (AvgIpc) is 2.55. The van der Waals surface area contributed by atoms with Gasteiger partial charge in [-0.25, -0.2) is 0 Å². The maximum Gasteiger partial charge on any atom is 0.244 e. The quantitative estimate of drug-likeness (QED) is 0.795. The standard InChI is InChI=1S/C17H24BrN3O3/c1-13-3-4-16(15(18)11-13)19-17(23)12-21(14(2)22)6-5-20-7-9-24-10-8-20/h3-4,11H,5-10,12H2,1-2H3,(H,19,23). The Morgan fingerprint density at radius 3 is 2.67 bits per heavy atom. The molecule has 24 heavy (non-hydrogen) atoms. The van der Waals surface area contributed by atoms with Crippen molar-refractivity contribution in [1.82, 2.24) is 9.80 Å². The topological polar surface area (TPSA) is 61.9 Å². The van der Waals surface area contributed by atoms with Crippen molar-refractivity contribution >= 4 is 33.4 Å². The lowest BCUT2D eigenvalue weighted by atomic mass is 10.2. The van der Waals surface area contributed by atoms with Crippen LogP contribution < -0.4 is 5.32 Å². The Balaban J connectivity index is 1.86. The Kier molecular flexibility index (Phi) is 7.20. The minimum absolute atomic E-state index is 0.0555. The van der Waals surface area contributed by atoms with Crippen LogP contribution in [0.5, 0.6) is 0 Å². The third-order valence-electron chi connectivity index (χ3n) is 3.97. The van der Waals surface area contributed by atoms with Gasteiger partial charge in [0.05, 0.1) is 25.4 Å². The molecule has 1 aliphatic heterocycles. The summed E-state index contributed by atoms with van der Waals surface area (Å²) in [5, 5.41) is 2.85. The number of nitrogens with one attached hydrogen (secondary N) is 1. The second-order valence-electron chi connectivity index (χ2n) is 5.93. The molecule has 7 heteroatoms. The van der Waals surface area contributed by atoms with Gasteiger partial charge in [0.1, 0.15) is 0 Å². The molecule has 1 saturated heterocycles. The van der Waals surface area contributed by atoms with E-state index in [2.05, 4.69) is 26.1 Å². The van der Waals surface area contributed by atoms with Gasteiger partial charge in [0.2, 0.25) is 11.8 Å². The number of carbonyl (C=O) groups is 2. The summed E-state index contributed by atoms with van der Waals surface area (Å²) in [6, 6.07) is 5.72. The molecule has 2 rings (SSSR count). The molecule has 0 aromatic heterocycles. The van der Waals surface area contributed by atoms with E-state index in [1.54, 1.807) is 4.90 Å². The van der Waals surface area contributed by atoms with Crippen molar-refractivity contribution in [3.05, 3.63) is 28.2 Å². The summed E-state index contributed by atoms with van der Waals surface area (Å²) in [5.41, 5.74) is 1.82. The van der Waals surface area contributed by atoms with Gasteiger partial charge in [-0.05, 0) is 40.5 Å². The molecule has 1 aliphatic rings. The summed E-state index contributed by atoms with van der Waals surface area (Å²) in [6.07, 6.45) is 0. The highest BCUT2D eigenvalue weighted by molar-refractivity contribution is 9.10. The molecule has 0 atom stereocenters. The number of hydrogen-bond acceptors (Lipinski definition) is 4.